The number of piperazine rings is 1. The van der Waals surface area contributed by atoms with Gasteiger partial charge in [0.05, 0.1) is 5.69 Å². The van der Waals surface area contributed by atoms with Crippen LogP contribution < -0.4 is 4.90 Å². The molecule has 0 unspecified atom stereocenters. The highest BCUT2D eigenvalue weighted by Crippen LogP contribution is 2.26. The van der Waals surface area contributed by atoms with Crippen molar-refractivity contribution in [2.75, 3.05) is 31.1 Å². The van der Waals surface area contributed by atoms with Crippen LogP contribution in [0.4, 0.5) is 10.3 Å². The van der Waals surface area contributed by atoms with Crippen LogP contribution in [-0.2, 0) is 11.2 Å². The van der Waals surface area contributed by atoms with Gasteiger partial charge in [-0.2, -0.15) is 0 Å². The van der Waals surface area contributed by atoms with Crippen LogP contribution in [0.25, 0.3) is 10.6 Å². The molecular weight excluding hydrogens is 377 g/mol. The smallest absolute Gasteiger partial charge is 0.225 e. The van der Waals surface area contributed by atoms with E-state index in [9.17, 15) is 9.18 Å². The van der Waals surface area contributed by atoms with E-state index in [0.29, 0.717) is 42.5 Å². The first-order chi connectivity index (χ1) is 13.7. The molecule has 2 aromatic heterocycles. The van der Waals surface area contributed by atoms with Crippen LogP contribution in [0, 0.1) is 5.82 Å². The van der Waals surface area contributed by atoms with Crippen LogP contribution in [0.5, 0.6) is 0 Å². The highest BCUT2D eigenvalue weighted by Gasteiger charge is 2.22. The van der Waals surface area contributed by atoms with Crippen LogP contribution in [0.3, 0.4) is 0 Å². The second-order valence-electron chi connectivity index (χ2n) is 6.54. The lowest BCUT2D eigenvalue weighted by molar-refractivity contribution is -0.131. The number of carbonyl (C=O) groups excluding carboxylic acids is 1. The monoisotopic (exact) mass is 397 g/mol. The Hall–Kier alpha value is -2.87. The van der Waals surface area contributed by atoms with Gasteiger partial charge in [-0.3, -0.25) is 4.79 Å². The molecule has 0 atom stereocenters. The average molecular weight is 397 g/mol. The zero-order chi connectivity index (χ0) is 19.3. The van der Waals surface area contributed by atoms with Gasteiger partial charge in [-0.05, 0) is 24.6 Å². The molecule has 28 heavy (non-hydrogen) atoms. The summed E-state index contributed by atoms with van der Waals surface area (Å²) in [4.78, 5) is 29.5. The Balaban J connectivity index is 1.29. The van der Waals surface area contributed by atoms with Crippen LogP contribution >= 0.6 is 11.3 Å². The molecule has 3 aromatic rings. The molecule has 1 aliphatic heterocycles. The third-order valence-corrected chi connectivity index (χ3v) is 5.64. The summed E-state index contributed by atoms with van der Waals surface area (Å²) < 4.78 is 13.9. The average Bonchev–Trinajstić information content (AvgIpc) is 3.22. The molecule has 1 saturated heterocycles. The lowest BCUT2D eigenvalue weighted by Crippen LogP contribution is -2.49. The van der Waals surface area contributed by atoms with Gasteiger partial charge in [0, 0.05) is 55.9 Å². The summed E-state index contributed by atoms with van der Waals surface area (Å²) in [7, 11) is 0. The van der Waals surface area contributed by atoms with Crippen molar-refractivity contribution in [1.82, 2.24) is 19.9 Å². The number of aromatic nitrogens is 3. The van der Waals surface area contributed by atoms with E-state index < -0.39 is 0 Å². The number of aryl methyl sites for hydroxylation is 1. The number of thiazole rings is 1. The van der Waals surface area contributed by atoms with E-state index in [2.05, 4.69) is 19.9 Å². The molecule has 1 amide bonds. The van der Waals surface area contributed by atoms with E-state index in [1.165, 1.54) is 17.4 Å². The van der Waals surface area contributed by atoms with Crippen molar-refractivity contribution in [2.45, 2.75) is 12.8 Å². The molecule has 4 rings (SSSR count). The first-order valence-electron chi connectivity index (χ1n) is 9.20. The Kier molecular flexibility index (Phi) is 5.57. The second kappa shape index (κ2) is 8.43. The maximum atomic E-state index is 13.9. The van der Waals surface area contributed by atoms with E-state index >= 15 is 0 Å². The Labute approximate surface area is 166 Å². The third-order valence-electron chi connectivity index (χ3n) is 4.72. The van der Waals surface area contributed by atoms with Gasteiger partial charge in [-0.25, -0.2) is 19.3 Å². The summed E-state index contributed by atoms with van der Waals surface area (Å²) in [6.45, 7) is 2.77. The van der Waals surface area contributed by atoms with E-state index in [1.807, 2.05) is 10.3 Å². The topological polar surface area (TPSA) is 62.2 Å². The van der Waals surface area contributed by atoms with Crippen molar-refractivity contribution in [3.8, 4) is 10.6 Å². The normalized spacial score (nSPS) is 14.3. The van der Waals surface area contributed by atoms with Crippen molar-refractivity contribution in [1.29, 1.82) is 0 Å². The zero-order valence-corrected chi connectivity index (χ0v) is 16.1. The lowest BCUT2D eigenvalue weighted by Gasteiger charge is -2.34. The predicted octanol–water partition coefficient (Wildman–Crippen LogP) is 3.02. The van der Waals surface area contributed by atoms with Gasteiger partial charge in [0.25, 0.3) is 0 Å². The molecule has 0 N–H and O–H groups in total. The molecule has 0 bridgehead atoms. The number of hydrogen-bond acceptors (Lipinski definition) is 6. The first kappa shape index (κ1) is 18.5. The number of nitrogens with zero attached hydrogens (tertiary/aromatic N) is 5. The van der Waals surface area contributed by atoms with Gasteiger partial charge in [-0.15, -0.1) is 11.3 Å². The lowest BCUT2D eigenvalue weighted by atomic mass is 10.2. The molecular formula is C20H20FN5OS. The minimum absolute atomic E-state index is 0.120. The highest BCUT2D eigenvalue weighted by molar-refractivity contribution is 7.13. The minimum atomic E-state index is -0.278. The van der Waals surface area contributed by atoms with Crippen LogP contribution in [0.2, 0.25) is 0 Å². The maximum Gasteiger partial charge on any atom is 0.225 e. The molecule has 1 aliphatic rings. The summed E-state index contributed by atoms with van der Waals surface area (Å²) in [6.07, 6.45) is 4.42. The molecule has 1 aromatic carbocycles. The fourth-order valence-corrected chi connectivity index (χ4v) is 4.06. The van der Waals surface area contributed by atoms with Crippen LogP contribution in [0.15, 0.2) is 48.1 Å². The highest BCUT2D eigenvalue weighted by atomic mass is 32.1. The number of benzene rings is 1. The molecule has 1 fully saturated rings. The van der Waals surface area contributed by atoms with E-state index in [4.69, 9.17) is 0 Å². The molecule has 144 valence electrons. The summed E-state index contributed by atoms with van der Waals surface area (Å²) in [5.41, 5.74) is 1.33. The number of rotatable bonds is 5. The van der Waals surface area contributed by atoms with Gasteiger partial charge in [0.15, 0.2) is 0 Å². The molecule has 3 heterocycles. The Morgan fingerprint density at radius 1 is 1.07 bits per heavy atom. The van der Waals surface area contributed by atoms with Crippen molar-refractivity contribution in [2.24, 2.45) is 0 Å². The molecule has 0 saturated carbocycles. The Morgan fingerprint density at radius 3 is 2.57 bits per heavy atom. The summed E-state index contributed by atoms with van der Waals surface area (Å²) in [6, 6.07) is 8.40. The fraction of sp³-hybridized carbons (Fsp3) is 0.300. The van der Waals surface area contributed by atoms with Gasteiger partial charge in [0.2, 0.25) is 11.9 Å². The molecule has 0 aliphatic carbocycles. The quantitative estimate of drug-likeness (QED) is 0.662. The maximum absolute atomic E-state index is 13.9. The zero-order valence-electron chi connectivity index (χ0n) is 15.3. The molecule has 6 nitrogen and oxygen atoms in total. The number of carbonyl (C=O) groups is 1. The van der Waals surface area contributed by atoms with Gasteiger partial charge in [-0.1, -0.05) is 12.1 Å². The largest absolute Gasteiger partial charge is 0.339 e. The third kappa shape index (κ3) is 4.17. The van der Waals surface area contributed by atoms with Crippen molar-refractivity contribution in [3.05, 3.63) is 59.6 Å². The van der Waals surface area contributed by atoms with Gasteiger partial charge < -0.3 is 9.80 Å². The van der Waals surface area contributed by atoms with Crippen LogP contribution in [0.1, 0.15) is 12.1 Å². The molecule has 0 spiro atoms. The number of hydrogen-bond donors (Lipinski definition) is 0. The number of amides is 1. The van der Waals surface area contributed by atoms with E-state index in [1.54, 1.807) is 36.7 Å². The van der Waals surface area contributed by atoms with Crippen molar-refractivity contribution in [3.63, 3.8) is 0 Å². The van der Waals surface area contributed by atoms with E-state index in [-0.39, 0.29) is 11.7 Å². The van der Waals surface area contributed by atoms with Crippen molar-refractivity contribution < 1.29 is 9.18 Å². The SMILES string of the molecule is O=C(CCc1csc(-c2ccccc2F)n1)N1CCN(c2ncccn2)CC1. The van der Waals surface area contributed by atoms with Crippen molar-refractivity contribution >= 4 is 23.2 Å². The second-order valence-corrected chi connectivity index (χ2v) is 7.40. The van der Waals surface area contributed by atoms with E-state index in [0.717, 1.165) is 18.8 Å². The standard InChI is InChI=1S/C20H20FN5OS/c21-17-5-2-1-4-16(17)19-24-15(14-28-19)6-7-18(27)25-10-12-26(13-11-25)20-22-8-3-9-23-20/h1-5,8-9,14H,6-7,10-13H2. The minimum Gasteiger partial charge on any atom is -0.339 e. The first-order valence-corrected chi connectivity index (χ1v) is 10.1. The molecule has 8 heteroatoms. The summed E-state index contributed by atoms with van der Waals surface area (Å²) in [5, 5.41) is 2.55. The summed E-state index contributed by atoms with van der Waals surface area (Å²) >= 11 is 1.41. The van der Waals surface area contributed by atoms with Gasteiger partial charge in [0.1, 0.15) is 10.8 Å². The van der Waals surface area contributed by atoms with Crippen LogP contribution in [-0.4, -0.2) is 51.9 Å². The summed E-state index contributed by atoms with van der Waals surface area (Å²) in [5.74, 6) is 0.548. The predicted molar refractivity (Wildman–Crippen MR) is 107 cm³/mol. The fourth-order valence-electron chi connectivity index (χ4n) is 3.18. The number of halogens is 1. The number of anilines is 1. The Bertz CT molecular complexity index is 941. The van der Waals surface area contributed by atoms with Gasteiger partial charge >= 0.3 is 0 Å². The molecule has 0 radical (unpaired) electrons. The Morgan fingerprint density at radius 2 is 1.82 bits per heavy atom.